The van der Waals surface area contributed by atoms with E-state index in [0.717, 1.165) is 27.6 Å². The fourth-order valence-electron chi connectivity index (χ4n) is 13.1. The topological polar surface area (TPSA) is 23.8 Å². The number of hydrogen-bond donors (Lipinski definition) is 0. The van der Waals surface area contributed by atoms with Crippen LogP contribution >= 0.6 is 11.8 Å². The van der Waals surface area contributed by atoms with Crippen molar-refractivity contribution in [3.8, 4) is 11.1 Å². The fraction of sp³-hybridized carbons (Fsp3) is 0.279. The molecular weight excluding hydrogens is 916 g/mol. The monoisotopic (exact) mass is 981 g/mol. The Morgan fingerprint density at radius 3 is 1.72 bits per heavy atom. The van der Waals surface area contributed by atoms with Crippen molar-refractivity contribution in [2.75, 3.05) is 9.80 Å². The summed E-state index contributed by atoms with van der Waals surface area (Å²) in [6, 6.07) is 54.6. The minimum Gasteiger partial charge on any atom is -0.311 e. The third-order valence-electron chi connectivity index (χ3n) is 17.3. The molecule has 6 heteroatoms. The van der Waals surface area contributed by atoms with Gasteiger partial charge < -0.3 is 9.80 Å². The lowest BCUT2D eigenvalue weighted by molar-refractivity contribution is 0.574. The predicted octanol–water partition coefficient (Wildman–Crippen LogP) is 16.8. The smallest absolute Gasteiger partial charge is 0.252 e. The Balaban J connectivity index is 1.17. The zero-order valence-electron chi connectivity index (χ0n) is 45.6. The molecule has 4 aliphatic rings. The van der Waals surface area contributed by atoms with Crippen LogP contribution in [0.3, 0.4) is 0 Å². The zero-order chi connectivity index (χ0) is 51.5. The van der Waals surface area contributed by atoms with Gasteiger partial charge in [-0.15, -0.1) is 0 Å². The number of hydrogen-bond acceptors (Lipinski definition) is 4. The lowest BCUT2D eigenvalue weighted by Crippen LogP contribution is -2.63. The first-order valence-electron chi connectivity index (χ1n) is 26.8. The Morgan fingerprint density at radius 2 is 1.03 bits per heavy atom. The molecule has 8 aromatic carbocycles. The Hall–Kier alpha value is -6.76. The molecule has 10 aromatic rings. The molecule has 4 nitrogen and oxygen atoms in total. The van der Waals surface area contributed by atoms with Crippen molar-refractivity contribution in [1.82, 2.24) is 9.38 Å². The zero-order valence-corrected chi connectivity index (χ0v) is 46.4. The van der Waals surface area contributed by atoms with E-state index in [4.69, 9.17) is 4.98 Å². The second kappa shape index (κ2) is 14.8. The number of benzene rings is 8. The van der Waals surface area contributed by atoms with E-state index in [9.17, 15) is 0 Å². The van der Waals surface area contributed by atoms with Crippen LogP contribution < -0.4 is 26.2 Å². The lowest BCUT2D eigenvalue weighted by Gasteiger charge is -2.51. The molecule has 0 atom stereocenters. The normalized spacial score (nSPS) is 15.4. The Labute approximate surface area is 441 Å². The van der Waals surface area contributed by atoms with Crippen molar-refractivity contribution in [1.29, 1.82) is 0 Å². The van der Waals surface area contributed by atoms with E-state index in [1.165, 1.54) is 116 Å². The highest BCUT2D eigenvalue weighted by atomic mass is 32.2. The molecule has 0 unspecified atom stereocenters. The molecule has 74 heavy (non-hydrogen) atoms. The molecule has 6 heterocycles. The van der Waals surface area contributed by atoms with Crippen molar-refractivity contribution in [3.05, 3.63) is 173 Å². The number of aromatic nitrogens is 2. The van der Waals surface area contributed by atoms with Gasteiger partial charge in [0.05, 0.1) is 33.6 Å². The summed E-state index contributed by atoms with van der Waals surface area (Å²) in [7, 11) is 0. The van der Waals surface area contributed by atoms with Gasteiger partial charge in [0.2, 0.25) is 0 Å². The van der Waals surface area contributed by atoms with Gasteiger partial charge in [0.1, 0.15) is 5.65 Å². The van der Waals surface area contributed by atoms with Crippen LogP contribution in [0, 0.1) is 0 Å². The first-order chi connectivity index (χ1) is 35.0. The van der Waals surface area contributed by atoms with Gasteiger partial charge in [0, 0.05) is 48.4 Å². The number of anilines is 6. The molecule has 14 rings (SSSR count). The van der Waals surface area contributed by atoms with Crippen LogP contribution in [0.2, 0.25) is 0 Å². The molecule has 0 saturated carbocycles. The Kier molecular flexibility index (Phi) is 9.14. The third-order valence-corrected chi connectivity index (χ3v) is 18.4. The molecule has 2 aromatic heterocycles. The largest absolute Gasteiger partial charge is 0.311 e. The number of fused-ring (bicyclic) bond motifs is 16. The quantitative estimate of drug-likeness (QED) is 0.121. The highest BCUT2D eigenvalue weighted by molar-refractivity contribution is 7.99. The van der Waals surface area contributed by atoms with Crippen LogP contribution in [0.4, 0.5) is 34.1 Å². The lowest BCUT2D eigenvalue weighted by atomic mass is 9.32. The van der Waals surface area contributed by atoms with E-state index >= 15 is 0 Å². The van der Waals surface area contributed by atoms with E-state index in [1.54, 1.807) is 0 Å². The van der Waals surface area contributed by atoms with E-state index in [-0.39, 0.29) is 33.8 Å². The van der Waals surface area contributed by atoms with Gasteiger partial charge >= 0.3 is 0 Å². The van der Waals surface area contributed by atoms with Gasteiger partial charge in [-0.2, -0.15) is 0 Å². The molecule has 0 N–H and O–H groups in total. The van der Waals surface area contributed by atoms with Gasteiger partial charge in [-0.25, -0.2) is 4.98 Å². The summed E-state index contributed by atoms with van der Waals surface area (Å²) < 4.78 is 2.37. The summed E-state index contributed by atoms with van der Waals surface area (Å²) in [6.45, 7) is 33.4. The minimum absolute atomic E-state index is 0.00190. The fourth-order valence-corrected chi connectivity index (χ4v) is 14.3. The van der Waals surface area contributed by atoms with Crippen molar-refractivity contribution < 1.29 is 0 Å². The van der Waals surface area contributed by atoms with Gasteiger partial charge in [-0.3, -0.25) is 4.40 Å². The molecule has 4 aliphatic heterocycles. The van der Waals surface area contributed by atoms with Gasteiger partial charge in [-0.1, -0.05) is 194 Å². The maximum absolute atomic E-state index is 5.39. The maximum atomic E-state index is 5.39. The Bertz CT molecular complexity index is 4150. The summed E-state index contributed by atoms with van der Waals surface area (Å²) in [5.41, 5.74) is 26.4. The van der Waals surface area contributed by atoms with E-state index in [2.05, 4.69) is 251 Å². The summed E-state index contributed by atoms with van der Waals surface area (Å²) in [5, 5.41) is 3.60. The van der Waals surface area contributed by atoms with Crippen LogP contribution in [-0.4, -0.2) is 16.1 Å². The molecule has 0 aliphatic carbocycles. The summed E-state index contributed by atoms with van der Waals surface area (Å²) in [5.74, 6) is 0. The number of rotatable bonds is 1. The standard InChI is InChI=1S/C68H65BN4S/c1-64(2,3)39-26-28-52-46(32-39)68(13,14)47-33-41(66(7,8)9)34-48-61(47)71(52)55-30-38(43-21-19-22-45-59(43)44-20-15-17-24-51(44)73-53-25-18-16-23-50(53)70-63(45)73)31-56-60(55)69(48)49-35-42(67(10,11)12)37-58-62(49)72(56)54-29-27-40(65(4,5)6)36-57(54)74-58/h15-37H,1-14H3. The molecule has 366 valence electrons. The summed E-state index contributed by atoms with van der Waals surface area (Å²) >= 11 is 1.97. The first-order valence-corrected chi connectivity index (χ1v) is 27.6. The molecule has 0 fully saturated rings. The second-order valence-corrected chi connectivity index (χ2v) is 27.6. The summed E-state index contributed by atoms with van der Waals surface area (Å²) in [6.07, 6.45) is 0. The number of nitrogens with zero attached hydrogens (tertiary/aromatic N) is 4. The van der Waals surface area contributed by atoms with Crippen molar-refractivity contribution in [2.45, 2.75) is 134 Å². The van der Waals surface area contributed by atoms with Crippen LogP contribution in [0.25, 0.3) is 49.5 Å². The minimum atomic E-state index is -0.281. The molecular formula is C68H65BN4S. The third kappa shape index (κ3) is 6.27. The molecule has 0 bridgehead atoms. The molecule has 0 spiro atoms. The highest BCUT2D eigenvalue weighted by Crippen LogP contribution is 2.59. The van der Waals surface area contributed by atoms with Crippen molar-refractivity contribution >= 4 is 107 Å². The van der Waals surface area contributed by atoms with Crippen LogP contribution in [0.1, 0.15) is 130 Å². The van der Waals surface area contributed by atoms with Gasteiger partial charge in [-0.05, 0) is 137 Å². The molecule has 0 amide bonds. The van der Waals surface area contributed by atoms with E-state index in [0.29, 0.717) is 0 Å². The predicted molar refractivity (Wildman–Crippen MR) is 318 cm³/mol. The highest BCUT2D eigenvalue weighted by Gasteiger charge is 2.51. The summed E-state index contributed by atoms with van der Waals surface area (Å²) in [4.78, 5) is 13.4. The maximum Gasteiger partial charge on any atom is 0.252 e. The average Bonchev–Trinajstić information content (AvgIpc) is 3.79. The van der Waals surface area contributed by atoms with Crippen LogP contribution in [-0.2, 0) is 27.1 Å². The van der Waals surface area contributed by atoms with Gasteiger partial charge in [0.25, 0.3) is 6.71 Å². The second-order valence-electron chi connectivity index (χ2n) is 26.6. The number of para-hydroxylation sites is 3. The van der Waals surface area contributed by atoms with Crippen LogP contribution in [0.5, 0.6) is 0 Å². The molecule has 0 saturated heterocycles. The molecule has 0 radical (unpaired) electrons. The first kappa shape index (κ1) is 45.8. The van der Waals surface area contributed by atoms with E-state index in [1.807, 2.05) is 11.8 Å². The number of imidazole rings is 1. The van der Waals surface area contributed by atoms with E-state index < -0.39 is 0 Å². The number of pyridine rings is 1. The van der Waals surface area contributed by atoms with Crippen LogP contribution in [0.15, 0.2) is 149 Å². The average molecular weight is 981 g/mol. The van der Waals surface area contributed by atoms with Crippen molar-refractivity contribution in [3.63, 3.8) is 0 Å². The SMILES string of the molecule is CC(C)(C)c1ccc2c(c1)Sc1cc(C(C)(C)C)cc3c1N2c1cc(-c2cccc4c2c2ccccc2n2c5ccccc5nc42)cc2c1B3c1cc(C(C)(C)C)cc3c1N2c1ccc(C(C)(C)C)cc1C3(C)C. The van der Waals surface area contributed by atoms with Gasteiger partial charge in [0.15, 0.2) is 0 Å². The Morgan fingerprint density at radius 1 is 0.473 bits per heavy atom. The van der Waals surface area contributed by atoms with Crippen molar-refractivity contribution in [2.24, 2.45) is 0 Å².